The Labute approximate surface area is 137 Å². The van der Waals surface area contributed by atoms with Crippen LogP contribution in [0.1, 0.15) is 28.0 Å². The molecule has 1 amide bonds. The lowest BCUT2D eigenvalue weighted by molar-refractivity contribution is -0.00526. The number of imidazole rings is 1. The minimum Gasteiger partial charge on any atom is -0.377 e. The standard InChI is InChI=1S/C17H17FN4O2/c1-10-8-19-16(20-10)14-9-24-6-5-22(14)17(23)13-7-11-3-2-4-12(18)15(11)21-13/h2-4,7-8,14,21H,5-6,9H2,1H3,(H,19,20). The highest BCUT2D eigenvalue weighted by Gasteiger charge is 2.32. The van der Waals surface area contributed by atoms with E-state index in [9.17, 15) is 9.18 Å². The Morgan fingerprint density at radius 1 is 1.42 bits per heavy atom. The Morgan fingerprint density at radius 3 is 3.04 bits per heavy atom. The number of fused-ring (bicyclic) bond motifs is 1. The summed E-state index contributed by atoms with van der Waals surface area (Å²) in [7, 11) is 0. The Kier molecular flexibility index (Phi) is 3.57. The molecule has 4 rings (SSSR count). The van der Waals surface area contributed by atoms with Crippen molar-refractivity contribution in [3.8, 4) is 0 Å². The van der Waals surface area contributed by atoms with Crippen LogP contribution in [0.3, 0.4) is 0 Å². The zero-order valence-corrected chi connectivity index (χ0v) is 13.2. The average Bonchev–Trinajstić information content (AvgIpc) is 3.21. The van der Waals surface area contributed by atoms with Crippen LogP contribution in [-0.2, 0) is 4.74 Å². The van der Waals surface area contributed by atoms with Crippen molar-refractivity contribution in [1.29, 1.82) is 0 Å². The van der Waals surface area contributed by atoms with Crippen LogP contribution in [0.5, 0.6) is 0 Å². The fourth-order valence-electron chi connectivity index (χ4n) is 3.06. The Hall–Kier alpha value is -2.67. The lowest BCUT2D eigenvalue weighted by Gasteiger charge is -2.34. The van der Waals surface area contributed by atoms with E-state index in [1.54, 1.807) is 29.3 Å². The molecule has 7 heteroatoms. The van der Waals surface area contributed by atoms with E-state index in [1.165, 1.54) is 6.07 Å². The molecule has 2 N–H and O–H groups in total. The summed E-state index contributed by atoms with van der Waals surface area (Å²) < 4.78 is 19.4. The highest BCUT2D eigenvalue weighted by atomic mass is 19.1. The van der Waals surface area contributed by atoms with Gasteiger partial charge in [-0.25, -0.2) is 9.37 Å². The Morgan fingerprint density at radius 2 is 2.29 bits per heavy atom. The van der Waals surface area contributed by atoms with Crippen LogP contribution in [0, 0.1) is 12.7 Å². The second-order valence-corrected chi connectivity index (χ2v) is 5.93. The number of ether oxygens (including phenoxy) is 1. The van der Waals surface area contributed by atoms with E-state index in [2.05, 4.69) is 15.0 Å². The van der Waals surface area contributed by atoms with Crippen molar-refractivity contribution in [3.05, 3.63) is 53.5 Å². The van der Waals surface area contributed by atoms with Crippen molar-refractivity contribution >= 4 is 16.8 Å². The average molecular weight is 328 g/mol. The predicted molar refractivity (Wildman–Crippen MR) is 86.2 cm³/mol. The summed E-state index contributed by atoms with van der Waals surface area (Å²) >= 11 is 0. The van der Waals surface area contributed by atoms with Crippen LogP contribution in [-0.4, -0.2) is 45.5 Å². The third-order valence-corrected chi connectivity index (χ3v) is 4.26. The number of aromatic amines is 2. The first-order valence-electron chi connectivity index (χ1n) is 7.81. The molecule has 1 aliphatic rings. The number of benzene rings is 1. The number of para-hydroxylation sites is 1. The number of morpholine rings is 1. The van der Waals surface area contributed by atoms with Crippen LogP contribution in [0.15, 0.2) is 30.5 Å². The van der Waals surface area contributed by atoms with Gasteiger partial charge < -0.3 is 19.6 Å². The molecule has 0 saturated carbocycles. The number of rotatable bonds is 2. The molecule has 3 aromatic rings. The maximum Gasteiger partial charge on any atom is 0.271 e. The zero-order valence-electron chi connectivity index (χ0n) is 13.2. The second kappa shape index (κ2) is 5.76. The molecule has 0 spiro atoms. The third-order valence-electron chi connectivity index (χ3n) is 4.26. The molecule has 1 aliphatic heterocycles. The van der Waals surface area contributed by atoms with Crippen molar-refractivity contribution in [1.82, 2.24) is 19.9 Å². The van der Waals surface area contributed by atoms with Gasteiger partial charge in [0.1, 0.15) is 23.4 Å². The number of amides is 1. The molecule has 1 saturated heterocycles. The SMILES string of the molecule is Cc1cnc(C2COCCN2C(=O)c2cc3cccc(F)c3[nH]2)[nH]1. The van der Waals surface area contributed by atoms with Crippen LogP contribution in [0.4, 0.5) is 4.39 Å². The molecule has 1 unspecified atom stereocenters. The highest BCUT2D eigenvalue weighted by molar-refractivity contribution is 5.98. The van der Waals surface area contributed by atoms with E-state index in [1.807, 2.05) is 6.92 Å². The van der Waals surface area contributed by atoms with Crippen LogP contribution < -0.4 is 0 Å². The molecule has 0 bridgehead atoms. The zero-order chi connectivity index (χ0) is 16.7. The van der Waals surface area contributed by atoms with Gasteiger partial charge in [-0.2, -0.15) is 0 Å². The van der Waals surface area contributed by atoms with E-state index in [4.69, 9.17) is 4.74 Å². The molecule has 1 aromatic carbocycles. The summed E-state index contributed by atoms with van der Waals surface area (Å²) in [4.78, 5) is 25.0. The number of aryl methyl sites for hydroxylation is 1. The van der Waals surface area contributed by atoms with Crippen molar-refractivity contribution in [2.75, 3.05) is 19.8 Å². The van der Waals surface area contributed by atoms with Gasteiger partial charge in [-0.3, -0.25) is 4.79 Å². The molecule has 6 nitrogen and oxygen atoms in total. The summed E-state index contributed by atoms with van der Waals surface area (Å²) in [6, 6.07) is 6.18. The molecule has 0 radical (unpaired) electrons. The van der Waals surface area contributed by atoms with Crippen LogP contribution >= 0.6 is 0 Å². The van der Waals surface area contributed by atoms with Gasteiger partial charge in [0, 0.05) is 23.8 Å². The molecule has 0 aliphatic carbocycles. The summed E-state index contributed by atoms with van der Waals surface area (Å²) in [5.41, 5.74) is 1.64. The monoisotopic (exact) mass is 328 g/mol. The number of nitrogens with one attached hydrogen (secondary N) is 2. The molecular formula is C17H17FN4O2. The van der Waals surface area contributed by atoms with Crippen LogP contribution in [0.2, 0.25) is 0 Å². The maximum absolute atomic E-state index is 13.9. The first-order chi connectivity index (χ1) is 11.6. The smallest absolute Gasteiger partial charge is 0.271 e. The first-order valence-corrected chi connectivity index (χ1v) is 7.81. The van der Waals surface area contributed by atoms with Crippen molar-refractivity contribution in [3.63, 3.8) is 0 Å². The molecular weight excluding hydrogens is 311 g/mol. The lowest BCUT2D eigenvalue weighted by atomic mass is 10.2. The number of aromatic nitrogens is 3. The fraction of sp³-hybridized carbons (Fsp3) is 0.294. The predicted octanol–water partition coefficient (Wildman–Crippen LogP) is 2.55. The van der Waals surface area contributed by atoms with E-state index in [-0.39, 0.29) is 17.8 Å². The fourth-order valence-corrected chi connectivity index (χ4v) is 3.06. The van der Waals surface area contributed by atoms with E-state index >= 15 is 0 Å². The third kappa shape index (κ3) is 2.46. The highest BCUT2D eigenvalue weighted by Crippen LogP contribution is 2.26. The molecule has 124 valence electrons. The second-order valence-electron chi connectivity index (χ2n) is 5.93. The van der Waals surface area contributed by atoms with Gasteiger partial charge >= 0.3 is 0 Å². The van der Waals surface area contributed by atoms with Crippen molar-refractivity contribution < 1.29 is 13.9 Å². The number of halogens is 1. The van der Waals surface area contributed by atoms with Crippen LogP contribution in [0.25, 0.3) is 10.9 Å². The topological polar surface area (TPSA) is 74.0 Å². The Balaban J connectivity index is 1.69. The summed E-state index contributed by atoms with van der Waals surface area (Å²) in [5, 5.41) is 0.678. The summed E-state index contributed by atoms with van der Waals surface area (Å²) in [5.74, 6) is 0.141. The van der Waals surface area contributed by atoms with Crippen molar-refractivity contribution in [2.24, 2.45) is 0 Å². The largest absolute Gasteiger partial charge is 0.377 e. The summed E-state index contributed by atoms with van der Waals surface area (Å²) in [6.07, 6.45) is 1.73. The molecule has 3 heterocycles. The van der Waals surface area contributed by atoms with Gasteiger partial charge in [-0.05, 0) is 19.1 Å². The normalized spacial score (nSPS) is 18.2. The number of hydrogen-bond donors (Lipinski definition) is 2. The maximum atomic E-state index is 13.9. The Bertz CT molecular complexity index is 901. The first kappa shape index (κ1) is 14.9. The quantitative estimate of drug-likeness (QED) is 0.759. The van der Waals surface area contributed by atoms with Gasteiger partial charge in [-0.1, -0.05) is 12.1 Å². The number of H-pyrrole nitrogens is 2. The number of carbonyl (C=O) groups is 1. The van der Waals surface area contributed by atoms with Gasteiger partial charge in [0.2, 0.25) is 0 Å². The lowest BCUT2D eigenvalue weighted by Crippen LogP contribution is -2.44. The van der Waals surface area contributed by atoms with E-state index in [0.29, 0.717) is 42.2 Å². The molecule has 24 heavy (non-hydrogen) atoms. The van der Waals surface area contributed by atoms with Gasteiger partial charge in [0.05, 0.1) is 18.7 Å². The van der Waals surface area contributed by atoms with E-state index in [0.717, 1.165) is 5.69 Å². The molecule has 2 aromatic heterocycles. The molecule has 1 fully saturated rings. The van der Waals surface area contributed by atoms with Gasteiger partial charge in [0.15, 0.2) is 0 Å². The summed E-state index contributed by atoms with van der Waals surface area (Å²) in [6.45, 7) is 3.22. The number of nitrogens with zero attached hydrogens (tertiary/aromatic N) is 2. The number of carbonyl (C=O) groups excluding carboxylic acids is 1. The van der Waals surface area contributed by atoms with Gasteiger partial charge in [-0.15, -0.1) is 0 Å². The molecule has 1 atom stereocenters. The minimum atomic E-state index is -0.369. The minimum absolute atomic E-state index is 0.187. The van der Waals surface area contributed by atoms with E-state index < -0.39 is 0 Å². The number of hydrogen-bond acceptors (Lipinski definition) is 3. The van der Waals surface area contributed by atoms with Gasteiger partial charge in [0.25, 0.3) is 5.91 Å². The van der Waals surface area contributed by atoms with Crippen molar-refractivity contribution in [2.45, 2.75) is 13.0 Å².